The molecule has 0 aliphatic carbocycles. The van der Waals surface area contributed by atoms with E-state index in [9.17, 15) is 19.5 Å². The molecule has 3 N–H and O–H groups in total. The Balaban J connectivity index is 0.00000480. The van der Waals surface area contributed by atoms with E-state index in [1.54, 1.807) is 24.1 Å². The van der Waals surface area contributed by atoms with Gasteiger partial charge in [0, 0.05) is 49.4 Å². The Bertz CT molecular complexity index is 1660. The second-order valence-corrected chi connectivity index (χ2v) is 12.2. The highest BCUT2D eigenvalue weighted by Gasteiger charge is 2.32. The van der Waals surface area contributed by atoms with Crippen LogP contribution in [0.2, 0.25) is 0 Å². The fraction of sp³-hybridized carbons (Fsp3) is 0.424. The number of rotatable bonds is 11. The number of carboxylic acid groups (broad SMARTS) is 1. The van der Waals surface area contributed by atoms with Crippen molar-refractivity contribution < 1.29 is 33.5 Å². The smallest absolute Gasteiger partial charge is 0.358 e. The molecule has 13 heteroatoms. The summed E-state index contributed by atoms with van der Waals surface area (Å²) < 4.78 is 17.2. The molecule has 2 aliphatic heterocycles. The molecule has 12 nitrogen and oxygen atoms in total. The number of aromatic nitrogens is 1. The van der Waals surface area contributed by atoms with Crippen LogP contribution < -0.4 is 19.7 Å². The molecule has 2 aromatic carbocycles. The number of Topliss-reactive ketones (excluding diaryl/α,β-unsaturated/α-hetero) is 1. The van der Waals surface area contributed by atoms with E-state index in [-0.39, 0.29) is 59.1 Å². The van der Waals surface area contributed by atoms with Gasteiger partial charge in [-0.3, -0.25) is 15.0 Å². The first-order valence-electron chi connectivity index (χ1n) is 15.0. The molecule has 1 amide bonds. The summed E-state index contributed by atoms with van der Waals surface area (Å²) in [5.74, 6) is -0.128. The maximum atomic E-state index is 13.9. The molecule has 2 aliphatic rings. The van der Waals surface area contributed by atoms with Gasteiger partial charge < -0.3 is 34.2 Å². The number of hydrogen-bond donors (Lipinski definition) is 3. The van der Waals surface area contributed by atoms with Crippen molar-refractivity contribution in [1.82, 2.24) is 15.4 Å². The van der Waals surface area contributed by atoms with Crippen molar-refractivity contribution in [2.75, 3.05) is 38.2 Å². The molecule has 0 unspecified atom stereocenters. The van der Waals surface area contributed by atoms with Crippen molar-refractivity contribution in [2.24, 2.45) is 0 Å². The highest BCUT2D eigenvalue weighted by molar-refractivity contribution is 8.93. The van der Waals surface area contributed by atoms with Crippen molar-refractivity contribution in [2.45, 2.75) is 59.1 Å². The summed E-state index contributed by atoms with van der Waals surface area (Å²) in [7, 11) is 1.55. The van der Waals surface area contributed by atoms with E-state index in [2.05, 4.69) is 15.4 Å². The summed E-state index contributed by atoms with van der Waals surface area (Å²) in [5.41, 5.74) is 3.28. The molecule has 1 fully saturated rings. The van der Waals surface area contributed by atoms with Crippen LogP contribution in [0.1, 0.15) is 94.2 Å². The van der Waals surface area contributed by atoms with E-state index in [1.165, 1.54) is 6.07 Å². The van der Waals surface area contributed by atoms with Gasteiger partial charge in [0.2, 0.25) is 0 Å². The van der Waals surface area contributed by atoms with Gasteiger partial charge in [-0.2, -0.15) is 0 Å². The van der Waals surface area contributed by atoms with Crippen molar-refractivity contribution in [3.05, 3.63) is 69.6 Å². The number of carbonyl (C=O) groups excluding carboxylic acids is 2. The van der Waals surface area contributed by atoms with Crippen molar-refractivity contribution in [3.63, 3.8) is 0 Å². The number of ketones is 1. The van der Waals surface area contributed by atoms with Crippen LogP contribution >= 0.6 is 17.0 Å². The van der Waals surface area contributed by atoms with Crippen LogP contribution in [0.4, 0.5) is 5.69 Å². The number of carbonyl (C=O) groups is 3. The molecule has 0 atom stereocenters. The number of anilines is 1. The zero-order valence-electron chi connectivity index (χ0n) is 26.7. The van der Waals surface area contributed by atoms with Gasteiger partial charge in [0.15, 0.2) is 17.2 Å². The fourth-order valence-electron chi connectivity index (χ4n) is 5.72. The third kappa shape index (κ3) is 7.04. The van der Waals surface area contributed by atoms with E-state index in [1.807, 2.05) is 39.8 Å². The first-order valence-corrected chi connectivity index (χ1v) is 15.0. The number of amides is 1. The summed E-state index contributed by atoms with van der Waals surface area (Å²) in [6.45, 7) is 10.3. The lowest BCUT2D eigenvalue weighted by atomic mass is 9.84. The topological polar surface area (TPSA) is 158 Å². The largest absolute Gasteiger partial charge is 0.493 e. The highest BCUT2D eigenvalue weighted by atomic mass is 79.9. The highest BCUT2D eigenvalue weighted by Crippen LogP contribution is 2.42. The summed E-state index contributed by atoms with van der Waals surface area (Å²) in [6, 6.07) is 8.49. The van der Waals surface area contributed by atoms with E-state index in [0.717, 1.165) is 42.7 Å². The molecule has 246 valence electrons. The summed E-state index contributed by atoms with van der Waals surface area (Å²) in [5, 5.41) is 24.3. The molecule has 1 saturated heterocycles. The number of nitrogens with zero attached hydrogens (tertiary/aromatic N) is 3. The van der Waals surface area contributed by atoms with Crippen LogP contribution in [-0.4, -0.2) is 71.9 Å². The second kappa shape index (κ2) is 13.9. The maximum Gasteiger partial charge on any atom is 0.358 e. The first kappa shape index (κ1) is 34.5. The van der Waals surface area contributed by atoms with E-state index < -0.39 is 11.4 Å². The zero-order chi connectivity index (χ0) is 32.5. The predicted octanol–water partition coefficient (Wildman–Crippen LogP) is 5.21. The second-order valence-electron chi connectivity index (χ2n) is 12.2. The Morgan fingerprint density at radius 3 is 2.41 bits per heavy atom. The third-order valence-electron chi connectivity index (χ3n) is 8.03. The minimum absolute atomic E-state index is 0. The lowest BCUT2D eigenvalue weighted by Gasteiger charge is -2.29. The summed E-state index contributed by atoms with van der Waals surface area (Å²) >= 11 is 0. The minimum atomic E-state index is -1.18. The van der Waals surface area contributed by atoms with Gasteiger partial charge in [-0.05, 0) is 55.0 Å². The van der Waals surface area contributed by atoms with Crippen LogP contribution in [0.25, 0.3) is 0 Å². The normalized spacial score (nSPS) is 14.2. The van der Waals surface area contributed by atoms with Gasteiger partial charge >= 0.3 is 5.97 Å². The van der Waals surface area contributed by atoms with Crippen LogP contribution in [0.5, 0.6) is 11.5 Å². The summed E-state index contributed by atoms with van der Waals surface area (Å²) in [4.78, 5) is 41.6. The molecule has 1 aromatic heterocycles. The molecule has 0 spiro atoms. The Morgan fingerprint density at radius 1 is 1.09 bits per heavy atom. The van der Waals surface area contributed by atoms with Crippen molar-refractivity contribution >= 4 is 46.2 Å². The lowest BCUT2D eigenvalue weighted by molar-refractivity contribution is 0.0684. The van der Waals surface area contributed by atoms with Gasteiger partial charge in [0.25, 0.3) is 5.91 Å². The number of nitrogens with one attached hydrogen (secondary N) is 2. The van der Waals surface area contributed by atoms with Gasteiger partial charge in [0.05, 0.1) is 24.4 Å². The van der Waals surface area contributed by atoms with Crippen LogP contribution in [-0.2, 0) is 18.6 Å². The average Bonchev–Trinajstić information content (AvgIpc) is 3.76. The maximum absolute atomic E-state index is 13.9. The minimum Gasteiger partial charge on any atom is -0.493 e. The average molecular weight is 699 g/mol. The van der Waals surface area contributed by atoms with Gasteiger partial charge in [-0.25, -0.2) is 4.79 Å². The number of aromatic carboxylic acids is 1. The van der Waals surface area contributed by atoms with E-state index >= 15 is 0 Å². The fourth-order valence-corrected chi connectivity index (χ4v) is 5.72. The molecular formula is C33H40BrN5O7. The zero-order valence-corrected chi connectivity index (χ0v) is 28.4. The number of benzene rings is 2. The Morgan fingerprint density at radius 2 is 1.80 bits per heavy atom. The quantitative estimate of drug-likeness (QED) is 0.227. The van der Waals surface area contributed by atoms with Crippen molar-refractivity contribution in [1.29, 1.82) is 5.41 Å². The van der Waals surface area contributed by atoms with Gasteiger partial charge in [-0.15, -0.1) is 17.0 Å². The standard InChI is InChI=1S/C33H39N5O7.BrH/c1-6-43-28-13-20-16-38(30(34)22(20)15-23(28)31(40)35-5)17-27(39)19-11-24(33(2,3)4)29(26(12-19)37-9-7-8-10-37)44-18-21-14-25(32(41)42)36-45-21;/h11-15,34H,6-10,16-18H2,1-5H3,(H,35,40)(H,41,42);1H. The molecule has 0 saturated carbocycles. The molecule has 46 heavy (non-hydrogen) atoms. The molecule has 5 rings (SSSR count). The molecule has 0 bridgehead atoms. The number of carboxylic acids is 1. The van der Waals surface area contributed by atoms with Crippen LogP contribution in [0.15, 0.2) is 34.9 Å². The third-order valence-corrected chi connectivity index (χ3v) is 8.03. The lowest BCUT2D eigenvalue weighted by Crippen LogP contribution is -2.31. The van der Waals surface area contributed by atoms with E-state index in [0.29, 0.717) is 41.3 Å². The van der Waals surface area contributed by atoms with Crippen LogP contribution in [0.3, 0.4) is 0 Å². The Labute approximate surface area is 278 Å². The van der Waals surface area contributed by atoms with Crippen LogP contribution in [0, 0.1) is 5.41 Å². The molecule has 0 radical (unpaired) electrons. The number of fused-ring (bicyclic) bond motifs is 1. The number of hydrogen-bond acceptors (Lipinski definition) is 9. The number of ether oxygens (including phenoxy) is 2. The summed E-state index contributed by atoms with van der Waals surface area (Å²) in [6.07, 6.45) is 2.02. The Hall–Kier alpha value is -4.39. The SMILES string of the molecule is Br.CCOc1cc2c(cc1C(=O)NC)C(=N)N(CC(=O)c1cc(N3CCCC3)c(OCc3cc(C(=O)O)no3)c(C(C)(C)C)c1)C2. The predicted molar refractivity (Wildman–Crippen MR) is 177 cm³/mol. The molecule has 3 heterocycles. The monoisotopic (exact) mass is 697 g/mol. The van der Waals surface area contributed by atoms with E-state index in [4.69, 9.17) is 19.4 Å². The molecule has 3 aromatic rings. The first-order chi connectivity index (χ1) is 21.4. The molecular weight excluding hydrogens is 658 g/mol. The van der Waals surface area contributed by atoms with Gasteiger partial charge in [-0.1, -0.05) is 25.9 Å². The number of halogens is 1. The van der Waals surface area contributed by atoms with Gasteiger partial charge in [0.1, 0.15) is 23.9 Å². The Kier molecular flexibility index (Phi) is 10.4. The number of amidine groups is 1. The van der Waals surface area contributed by atoms with Crippen molar-refractivity contribution in [3.8, 4) is 11.5 Å².